The molecule has 0 fully saturated rings. The van der Waals surface area contributed by atoms with Crippen molar-refractivity contribution < 1.29 is 23.8 Å². The molecule has 0 saturated heterocycles. The van der Waals surface area contributed by atoms with Gasteiger partial charge in [0.2, 0.25) is 5.91 Å². The third kappa shape index (κ3) is 4.25. The lowest BCUT2D eigenvalue weighted by Gasteiger charge is -2.10. The molecule has 1 heterocycles. The molecule has 162 valence electrons. The highest BCUT2D eigenvalue weighted by Crippen LogP contribution is 2.40. The summed E-state index contributed by atoms with van der Waals surface area (Å²) in [6.07, 6.45) is 5.56. The van der Waals surface area contributed by atoms with Crippen molar-refractivity contribution in [1.82, 2.24) is 5.43 Å². The van der Waals surface area contributed by atoms with Crippen molar-refractivity contribution in [3.8, 4) is 17.2 Å². The van der Waals surface area contributed by atoms with Crippen LogP contribution in [0.5, 0.6) is 17.2 Å². The number of aryl methyl sites for hydroxylation is 2. The van der Waals surface area contributed by atoms with Gasteiger partial charge in [-0.1, -0.05) is 6.07 Å². The minimum atomic E-state index is -0.288. The summed E-state index contributed by atoms with van der Waals surface area (Å²) >= 11 is 3.37. The largest absolute Gasteiger partial charge is 0.506 e. The van der Waals surface area contributed by atoms with Crippen LogP contribution in [-0.4, -0.2) is 31.4 Å². The predicted molar refractivity (Wildman–Crippen MR) is 121 cm³/mol. The van der Waals surface area contributed by atoms with Gasteiger partial charge in [0.05, 0.1) is 31.3 Å². The van der Waals surface area contributed by atoms with Gasteiger partial charge in [0.15, 0.2) is 11.5 Å². The first-order valence-electron chi connectivity index (χ1n) is 10.00. The summed E-state index contributed by atoms with van der Waals surface area (Å²) in [7, 11) is 3.11. The van der Waals surface area contributed by atoms with Crippen molar-refractivity contribution >= 4 is 39.0 Å². The first kappa shape index (κ1) is 21.2. The molecule has 2 aromatic carbocycles. The van der Waals surface area contributed by atoms with Gasteiger partial charge in [0, 0.05) is 22.9 Å². The molecule has 0 saturated carbocycles. The van der Waals surface area contributed by atoms with Crippen LogP contribution >= 0.6 is 15.9 Å². The number of halogens is 1. The van der Waals surface area contributed by atoms with Crippen LogP contribution in [0.25, 0.3) is 11.0 Å². The molecule has 2 N–H and O–H groups in total. The van der Waals surface area contributed by atoms with Crippen LogP contribution in [0.15, 0.2) is 38.3 Å². The molecule has 0 aliphatic heterocycles. The SMILES string of the molecule is COc1ccc(CC(=O)N/N=C\c2c(O)c(Br)cc3oc4c(c23)CCCC4)cc1OC. The number of hydrogen-bond acceptors (Lipinski definition) is 6. The van der Waals surface area contributed by atoms with Crippen LogP contribution in [0.2, 0.25) is 0 Å². The minimum absolute atomic E-state index is 0.0690. The maximum absolute atomic E-state index is 12.4. The van der Waals surface area contributed by atoms with Crippen LogP contribution in [0, 0.1) is 0 Å². The molecule has 1 aromatic heterocycles. The number of furan rings is 1. The molecule has 0 spiro atoms. The Bertz CT molecular complexity index is 1170. The number of methoxy groups -OCH3 is 2. The van der Waals surface area contributed by atoms with Gasteiger partial charge in [0.25, 0.3) is 0 Å². The van der Waals surface area contributed by atoms with E-state index >= 15 is 0 Å². The van der Waals surface area contributed by atoms with Gasteiger partial charge < -0.3 is 19.0 Å². The van der Waals surface area contributed by atoms with E-state index in [1.54, 1.807) is 38.5 Å². The summed E-state index contributed by atoms with van der Waals surface area (Å²) in [5.41, 5.74) is 5.64. The van der Waals surface area contributed by atoms with E-state index in [1.807, 2.05) is 0 Å². The summed E-state index contributed by atoms with van der Waals surface area (Å²) in [5, 5.41) is 15.6. The lowest BCUT2D eigenvalue weighted by Crippen LogP contribution is -2.19. The number of nitrogens with zero attached hydrogens (tertiary/aromatic N) is 1. The molecular weight excluding hydrogens is 464 g/mol. The normalized spacial score (nSPS) is 13.4. The molecule has 0 bridgehead atoms. The number of amides is 1. The third-order valence-electron chi connectivity index (χ3n) is 5.40. The van der Waals surface area contributed by atoms with E-state index in [1.165, 1.54) is 6.21 Å². The van der Waals surface area contributed by atoms with E-state index < -0.39 is 0 Å². The number of phenolic OH excluding ortho intramolecular Hbond substituents is 1. The number of fused-ring (bicyclic) bond motifs is 3. The monoisotopic (exact) mass is 486 g/mol. The molecule has 4 rings (SSSR count). The van der Waals surface area contributed by atoms with Gasteiger partial charge in [-0.05, 0) is 59.0 Å². The molecule has 1 amide bonds. The number of phenols is 1. The fourth-order valence-electron chi connectivity index (χ4n) is 3.92. The highest BCUT2D eigenvalue weighted by atomic mass is 79.9. The van der Waals surface area contributed by atoms with Crippen molar-refractivity contribution in [3.63, 3.8) is 0 Å². The summed E-state index contributed by atoms with van der Waals surface area (Å²) in [5.74, 6) is 1.90. The number of hydrazone groups is 1. The maximum atomic E-state index is 12.4. The van der Waals surface area contributed by atoms with Crippen molar-refractivity contribution in [1.29, 1.82) is 0 Å². The smallest absolute Gasteiger partial charge is 0.244 e. The number of benzene rings is 2. The summed E-state index contributed by atoms with van der Waals surface area (Å²) in [6.45, 7) is 0. The van der Waals surface area contributed by atoms with Crippen LogP contribution in [0.4, 0.5) is 0 Å². The number of nitrogens with one attached hydrogen (secondary N) is 1. The van der Waals surface area contributed by atoms with Crippen LogP contribution in [-0.2, 0) is 24.1 Å². The topological polar surface area (TPSA) is 93.3 Å². The standard InChI is InChI=1S/C23H23BrN2O5/c1-29-18-8-7-13(9-19(18)30-2)10-21(27)26-25-12-15-22-14-5-3-4-6-17(14)31-20(22)11-16(24)23(15)28/h7-9,11-12,28H,3-6,10H2,1-2H3,(H,26,27)/b25-12-. The fourth-order valence-corrected chi connectivity index (χ4v) is 4.35. The molecule has 1 aliphatic rings. The first-order chi connectivity index (χ1) is 15.0. The molecule has 0 atom stereocenters. The Morgan fingerprint density at radius 1 is 1.23 bits per heavy atom. The fraction of sp³-hybridized carbons (Fsp3) is 0.304. The molecule has 3 aromatic rings. The van der Waals surface area contributed by atoms with E-state index in [2.05, 4.69) is 26.5 Å². The van der Waals surface area contributed by atoms with Crippen LogP contribution in [0.1, 0.15) is 35.3 Å². The van der Waals surface area contributed by atoms with Crippen molar-refractivity contribution in [2.75, 3.05) is 14.2 Å². The zero-order valence-corrected chi connectivity index (χ0v) is 18.9. The molecule has 31 heavy (non-hydrogen) atoms. The van der Waals surface area contributed by atoms with E-state index in [9.17, 15) is 9.90 Å². The zero-order chi connectivity index (χ0) is 22.0. The van der Waals surface area contributed by atoms with Crippen LogP contribution in [0.3, 0.4) is 0 Å². The molecule has 7 nitrogen and oxygen atoms in total. The van der Waals surface area contributed by atoms with Gasteiger partial charge in [-0.2, -0.15) is 5.10 Å². The van der Waals surface area contributed by atoms with E-state index in [4.69, 9.17) is 13.9 Å². The van der Waals surface area contributed by atoms with Gasteiger partial charge >= 0.3 is 0 Å². The number of aromatic hydroxyl groups is 1. The Morgan fingerprint density at radius 3 is 2.77 bits per heavy atom. The molecule has 8 heteroatoms. The highest BCUT2D eigenvalue weighted by molar-refractivity contribution is 9.10. The lowest BCUT2D eigenvalue weighted by molar-refractivity contribution is -0.120. The zero-order valence-electron chi connectivity index (χ0n) is 17.3. The Morgan fingerprint density at radius 2 is 2.00 bits per heavy atom. The van der Waals surface area contributed by atoms with Gasteiger partial charge in [-0.25, -0.2) is 5.43 Å². The maximum Gasteiger partial charge on any atom is 0.244 e. The molecule has 1 aliphatic carbocycles. The van der Waals surface area contributed by atoms with Crippen molar-refractivity contribution in [2.45, 2.75) is 32.1 Å². The Kier molecular flexibility index (Phi) is 6.18. The van der Waals surface area contributed by atoms with Crippen LogP contribution < -0.4 is 14.9 Å². The summed E-state index contributed by atoms with van der Waals surface area (Å²) in [6, 6.07) is 7.08. The van der Waals surface area contributed by atoms with E-state index in [0.717, 1.165) is 48.0 Å². The third-order valence-corrected chi connectivity index (χ3v) is 6.01. The first-order valence-corrected chi connectivity index (χ1v) is 10.8. The van der Waals surface area contributed by atoms with Crippen molar-refractivity contribution in [3.05, 3.63) is 51.2 Å². The average Bonchev–Trinajstić information content (AvgIpc) is 3.14. The second-order valence-electron chi connectivity index (χ2n) is 7.36. The van der Waals surface area contributed by atoms with E-state index in [-0.39, 0.29) is 18.1 Å². The van der Waals surface area contributed by atoms with Gasteiger partial charge in [0.1, 0.15) is 17.1 Å². The second kappa shape index (κ2) is 9.01. The number of carbonyl (C=O) groups is 1. The average molecular weight is 487 g/mol. The molecule has 0 unspecified atom stereocenters. The number of rotatable bonds is 6. The number of hydrogen-bond donors (Lipinski definition) is 2. The summed E-state index contributed by atoms with van der Waals surface area (Å²) < 4.78 is 17.0. The minimum Gasteiger partial charge on any atom is -0.506 e. The lowest BCUT2D eigenvalue weighted by atomic mass is 9.94. The highest BCUT2D eigenvalue weighted by Gasteiger charge is 2.22. The predicted octanol–water partition coefficient (Wildman–Crippen LogP) is 4.49. The Hall–Kier alpha value is -3.00. The second-order valence-corrected chi connectivity index (χ2v) is 8.22. The molecular formula is C23H23BrN2O5. The van der Waals surface area contributed by atoms with Gasteiger partial charge in [-0.15, -0.1) is 0 Å². The summed E-state index contributed by atoms with van der Waals surface area (Å²) in [4.78, 5) is 12.4. The number of carbonyl (C=O) groups excluding carboxylic acids is 1. The molecule has 0 radical (unpaired) electrons. The van der Waals surface area contributed by atoms with Crippen molar-refractivity contribution in [2.24, 2.45) is 5.10 Å². The van der Waals surface area contributed by atoms with E-state index in [0.29, 0.717) is 27.1 Å². The Balaban J connectivity index is 1.54. The van der Waals surface area contributed by atoms with Gasteiger partial charge in [-0.3, -0.25) is 4.79 Å². The Labute approximate surface area is 188 Å². The quantitative estimate of drug-likeness (QED) is 0.395. The number of ether oxygens (including phenoxy) is 2.